The summed E-state index contributed by atoms with van der Waals surface area (Å²) < 4.78 is 38.0. The summed E-state index contributed by atoms with van der Waals surface area (Å²) in [7, 11) is 0. The summed E-state index contributed by atoms with van der Waals surface area (Å²) >= 11 is 0. The Kier molecular flexibility index (Phi) is 3.05. The molecule has 3 nitrogen and oxygen atoms in total. The second kappa shape index (κ2) is 4.63. The van der Waals surface area contributed by atoms with E-state index in [1.54, 1.807) is 6.07 Å². The van der Waals surface area contributed by atoms with Crippen LogP contribution < -0.4 is 5.73 Å². The predicted molar refractivity (Wildman–Crippen MR) is 68.9 cm³/mol. The molecule has 0 bridgehead atoms. The Labute approximate surface area is 114 Å². The predicted octanol–water partition coefficient (Wildman–Crippen LogP) is 3.43. The lowest BCUT2D eigenvalue weighted by molar-refractivity contribution is -0.141. The van der Waals surface area contributed by atoms with E-state index in [2.05, 4.69) is 9.97 Å². The second-order valence-corrected chi connectivity index (χ2v) is 5.05. The van der Waals surface area contributed by atoms with Crippen LogP contribution in [0.25, 0.3) is 11.3 Å². The SMILES string of the molecule is N[C@H]1CCCc2cc(-c3ccnc(C(F)(F)F)c3)[nH]c21. The van der Waals surface area contributed by atoms with Crippen LogP contribution in [0.4, 0.5) is 13.2 Å². The quantitative estimate of drug-likeness (QED) is 0.841. The number of aryl methyl sites for hydroxylation is 1. The molecule has 3 rings (SSSR count). The van der Waals surface area contributed by atoms with Gasteiger partial charge in [-0.15, -0.1) is 0 Å². The minimum Gasteiger partial charge on any atom is -0.357 e. The van der Waals surface area contributed by atoms with E-state index >= 15 is 0 Å². The molecule has 2 aromatic heterocycles. The number of halogens is 3. The van der Waals surface area contributed by atoms with Gasteiger partial charge in [0.1, 0.15) is 5.69 Å². The zero-order valence-electron chi connectivity index (χ0n) is 10.7. The number of hydrogen-bond donors (Lipinski definition) is 2. The van der Waals surface area contributed by atoms with Gasteiger partial charge in [-0.3, -0.25) is 4.98 Å². The lowest BCUT2D eigenvalue weighted by Gasteiger charge is -2.17. The topological polar surface area (TPSA) is 54.7 Å². The Morgan fingerprint density at radius 1 is 1.30 bits per heavy atom. The molecule has 20 heavy (non-hydrogen) atoms. The number of nitrogens with one attached hydrogen (secondary N) is 1. The van der Waals surface area contributed by atoms with Crippen molar-refractivity contribution in [3.63, 3.8) is 0 Å². The molecule has 0 aliphatic heterocycles. The van der Waals surface area contributed by atoms with Crippen LogP contribution in [0.3, 0.4) is 0 Å². The van der Waals surface area contributed by atoms with Crippen molar-refractivity contribution in [3.05, 3.63) is 41.3 Å². The molecule has 1 atom stereocenters. The third-order valence-electron chi connectivity index (χ3n) is 3.63. The third kappa shape index (κ3) is 2.31. The van der Waals surface area contributed by atoms with Crippen LogP contribution in [0.1, 0.15) is 35.8 Å². The molecule has 0 amide bonds. The average molecular weight is 281 g/mol. The molecule has 0 saturated heterocycles. The maximum absolute atomic E-state index is 12.7. The van der Waals surface area contributed by atoms with E-state index in [-0.39, 0.29) is 6.04 Å². The largest absolute Gasteiger partial charge is 0.433 e. The Morgan fingerprint density at radius 2 is 2.10 bits per heavy atom. The highest BCUT2D eigenvalue weighted by atomic mass is 19.4. The Bertz CT molecular complexity index is 631. The lowest BCUT2D eigenvalue weighted by atomic mass is 9.94. The number of nitrogens with two attached hydrogens (primary N) is 1. The first-order valence-corrected chi connectivity index (χ1v) is 6.46. The van der Waals surface area contributed by atoms with Crippen LogP contribution in [0.15, 0.2) is 24.4 Å². The number of aromatic amines is 1. The van der Waals surface area contributed by atoms with Crippen molar-refractivity contribution in [2.24, 2.45) is 5.73 Å². The third-order valence-corrected chi connectivity index (χ3v) is 3.63. The van der Waals surface area contributed by atoms with Crippen molar-refractivity contribution in [1.29, 1.82) is 0 Å². The molecule has 0 spiro atoms. The van der Waals surface area contributed by atoms with E-state index in [9.17, 15) is 13.2 Å². The molecule has 1 aliphatic rings. The Hall–Kier alpha value is -1.82. The van der Waals surface area contributed by atoms with Crippen molar-refractivity contribution in [2.75, 3.05) is 0 Å². The van der Waals surface area contributed by atoms with E-state index in [1.807, 2.05) is 6.07 Å². The average Bonchev–Trinajstić information content (AvgIpc) is 2.83. The van der Waals surface area contributed by atoms with Crippen molar-refractivity contribution in [3.8, 4) is 11.3 Å². The molecule has 1 aliphatic carbocycles. The number of nitrogens with zero attached hydrogens (tertiary/aromatic N) is 1. The van der Waals surface area contributed by atoms with Crippen molar-refractivity contribution >= 4 is 0 Å². The Morgan fingerprint density at radius 3 is 2.80 bits per heavy atom. The number of aromatic nitrogens is 2. The molecule has 3 N–H and O–H groups in total. The van der Waals surface area contributed by atoms with Crippen molar-refractivity contribution < 1.29 is 13.2 Å². The van der Waals surface area contributed by atoms with Gasteiger partial charge in [-0.1, -0.05) is 0 Å². The van der Waals surface area contributed by atoms with Gasteiger partial charge in [0.25, 0.3) is 0 Å². The van der Waals surface area contributed by atoms with Crippen LogP contribution in [-0.4, -0.2) is 9.97 Å². The van der Waals surface area contributed by atoms with Gasteiger partial charge >= 0.3 is 6.18 Å². The first-order valence-electron chi connectivity index (χ1n) is 6.46. The van der Waals surface area contributed by atoms with E-state index in [4.69, 9.17) is 5.73 Å². The second-order valence-electron chi connectivity index (χ2n) is 5.05. The minimum atomic E-state index is -4.43. The summed E-state index contributed by atoms with van der Waals surface area (Å²) in [5.41, 5.74) is 8.32. The van der Waals surface area contributed by atoms with Crippen LogP contribution >= 0.6 is 0 Å². The summed E-state index contributed by atoms with van der Waals surface area (Å²) in [5.74, 6) is 0. The highest BCUT2D eigenvalue weighted by molar-refractivity contribution is 5.62. The zero-order valence-corrected chi connectivity index (χ0v) is 10.7. The fourth-order valence-corrected chi connectivity index (χ4v) is 2.62. The maximum atomic E-state index is 12.7. The zero-order chi connectivity index (χ0) is 14.3. The van der Waals surface area contributed by atoms with Gasteiger partial charge in [0, 0.05) is 29.2 Å². The summed E-state index contributed by atoms with van der Waals surface area (Å²) in [6, 6.07) is 4.46. The van der Waals surface area contributed by atoms with Crippen molar-refractivity contribution in [1.82, 2.24) is 9.97 Å². The summed E-state index contributed by atoms with van der Waals surface area (Å²) in [6.07, 6.45) is -0.431. The molecular weight excluding hydrogens is 267 g/mol. The monoisotopic (exact) mass is 281 g/mol. The molecule has 0 unspecified atom stereocenters. The highest BCUT2D eigenvalue weighted by Gasteiger charge is 2.32. The molecule has 6 heteroatoms. The van der Waals surface area contributed by atoms with Gasteiger partial charge in [0.05, 0.1) is 0 Å². The molecule has 0 radical (unpaired) electrons. The first-order chi connectivity index (χ1) is 9.45. The first kappa shape index (κ1) is 13.2. The van der Waals surface area contributed by atoms with Gasteiger partial charge in [-0.25, -0.2) is 0 Å². The van der Waals surface area contributed by atoms with Crippen LogP contribution in [0, 0.1) is 0 Å². The minimum absolute atomic E-state index is 0.0589. The number of H-pyrrole nitrogens is 1. The summed E-state index contributed by atoms with van der Waals surface area (Å²) in [4.78, 5) is 6.53. The number of rotatable bonds is 1. The lowest BCUT2D eigenvalue weighted by Crippen LogP contribution is -2.16. The molecule has 0 saturated carbocycles. The Balaban J connectivity index is 2.02. The van der Waals surface area contributed by atoms with Gasteiger partial charge in [-0.05, 0) is 43.0 Å². The highest BCUT2D eigenvalue weighted by Crippen LogP contribution is 2.34. The molecular formula is C14H14F3N3. The smallest absolute Gasteiger partial charge is 0.357 e. The number of hydrogen-bond acceptors (Lipinski definition) is 2. The van der Waals surface area contributed by atoms with Crippen LogP contribution in [-0.2, 0) is 12.6 Å². The van der Waals surface area contributed by atoms with E-state index in [0.29, 0.717) is 11.3 Å². The molecule has 0 aromatic carbocycles. The van der Waals surface area contributed by atoms with Crippen LogP contribution in [0.2, 0.25) is 0 Å². The van der Waals surface area contributed by atoms with Gasteiger partial charge in [-0.2, -0.15) is 13.2 Å². The van der Waals surface area contributed by atoms with E-state index < -0.39 is 11.9 Å². The molecule has 0 fully saturated rings. The van der Waals surface area contributed by atoms with Crippen molar-refractivity contribution in [2.45, 2.75) is 31.5 Å². The number of fused-ring (bicyclic) bond motifs is 1. The van der Waals surface area contributed by atoms with E-state index in [0.717, 1.165) is 36.6 Å². The fourth-order valence-electron chi connectivity index (χ4n) is 2.62. The van der Waals surface area contributed by atoms with E-state index in [1.165, 1.54) is 6.20 Å². The number of pyridine rings is 1. The normalized spacial score (nSPS) is 18.9. The summed E-state index contributed by atoms with van der Waals surface area (Å²) in [5, 5.41) is 0. The standard InChI is InChI=1S/C14H14F3N3/c15-14(16,17)12-7-8(4-5-19-12)11-6-9-2-1-3-10(18)13(9)20-11/h4-7,10,20H,1-3,18H2/t10-/m0/s1. The molecule has 2 aromatic rings. The van der Waals surface area contributed by atoms with Gasteiger partial charge in [0.2, 0.25) is 0 Å². The van der Waals surface area contributed by atoms with Gasteiger partial charge in [0.15, 0.2) is 0 Å². The molecule has 2 heterocycles. The number of alkyl halides is 3. The molecule has 106 valence electrons. The fraction of sp³-hybridized carbons (Fsp3) is 0.357. The maximum Gasteiger partial charge on any atom is 0.433 e. The van der Waals surface area contributed by atoms with Gasteiger partial charge < -0.3 is 10.7 Å². The van der Waals surface area contributed by atoms with Crippen LogP contribution in [0.5, 0.6) is 0 Å². The summed E-state index contributed by atoms with van der Waals surface area (Å²) in [6.45, 7) is 0.